The van der Waals surface area contributed by atoms with E-state index in [1.807, 2.05) is 0 Å². The highest BCUT2D eigenvalue weighted by Crippen LogP contribution is 2.25. The summed E-state index contributed by atoms with van der Waals surface area (Å²) in [6.07, 6.45) is 8.04. The largest absolute Gasteiger partial charge is 0.300 e. The minimum absolute atomic E-state index is 0.943. The Morgan fingerprint density at radius 3 is 3.22 bits per heavy atom. The first kappa shape index (κ1) is 5.72. The van der Waals surface area contributed by atoms with Crippen LogP contribution in [0.3, 0.4) is 0 Å². The van der Waals surface area contributed by atoms with E-state index in [4.69, 9.17) is 0 Å². The molecule has 0 amide bonds. The highest BCUT2D eigenvalue weighted by Gasteiger charge is 2.26. The average molecular weight is 124 g/mol. The van der Waals surface area contributed by atoms with Crippen LogP contribution in [-0.4, -0.2) is 24.0 Å². The van der Waals surface area contributed by atoms with Crippen LogP contribution in [-0.2, 0) is 0 Å². The number of hydrogen-bond acceptors (Lipinski definition) is 1. The molecule has 0 N–H and O–H groups in total. The van der Waals surface area contributed by atoms with E-state index in [0.717, 1.165) is 6.04 Å². The molecular formula is C8H14N. The molecular weight excluding hydrogens is 110 g/mol. The first-order valence-electron chi connectivity index (χ1n) is 4.02. The van der Waals surface area contributed by atoms with Gasteiger partial charge in [0.15, 0.2) is 0 Å². The van der Waals surface area contributed by atoms with Crippen molar-refractivity contribution in [3.8, 4) is 0 Å². The van der Waals surface area contributed by atoms with Crippen LogP contribution < -0.4 is 0 Å². The molecule has 1 radical (unpaired) electrons. The molecule has 1 nitrogen and oxygen atoms in total. The molecule has 0 spiro atoms. The van der Waals surface area contributed by atoms with Crippen LogP contribution in [0.4, 0.5) is 0 Å². The van der Waals surface area contributed by atoms with Gasteiger partial charge in [0.25, 0.3) is 0 Å². The Balaban J connectivity index is 1.97. The van der Waals surface area contributed by atoms with E-state index < -0.39 is 0 Å². The Labute approximate surface area is 57.0 Å². The molecule has 0 aromatic heterocycles. The van der Waals surface area contributed by atoms with Crippen molar-refractivity contribution in [1.29, 1.82) is 0 Å². The van der Waals surface area contributed by atoms with Gasteiger partial charge in [-0.2, -0.15) is 0 Å². The molecule has 2 aliphatic rings. The second-order valence-corrected chi connectivity index (χ2v) is 3.15. The molecule has 0 saturated carbocycles. The predicted molar refractivity (Wildman–Crippen MR) is 38.1 cm³/mol. The molecule has 2 aliphatic heterocycles. The van der Waals surface area contributed by atoms with Crippen molar-refractivity contribution in [2.24, 2.45) is 0 Å². The van der Waals surface area contributed by atoms with Gasteiger partial charge in [0.05, 0.1) is 0 Å². The lowest BCUT2D eigenvalue weighted by molar-refractivity contribution is 0.226. The van der Waals surface area contributed by atoms with Gasteiger partial charge in [-0.1, -0.05) is 0 Å². The van der Waals surface area contributed by atoms with Crippen molar-refractivity contribution in [1.82, 2.24) is 4.90 Å². The Hall–Kier alpha value is -0.0400. The average Bonchev–Trinajstić information content (AvgIpc) is 2.33. The predicted octanol–water partition coefficient (Wildman–Crippen LogP) is 1.45. The highest BCUT2D eigenvalue weighted by atomic mass is 15.2. The molecule has 1 unspecified atom stereocenters. The molecule has 51 valence electrons. The molecule has 9 heavy (non-hydrogen) atoms. The van der Waals surface area contributed by atoms with Crippen molar-refractivity contribution in [2.75, 3.05) is 13.1 Å². The summed E-state index contributed by atoms with van der Waals surface area (Å²) in [5, 5.41) is 0. The molecule has 0 aromatic rings. The minimum atomic E-state index is 0.943. The van der Waals surface area contributed by atoms with E-state index in [9.17, 15) is 0 Å². The van der Waals surface area contributed by atoms with Crippen molar-refractivity contribution in [3.63, 3.8) is 0 Å². The zero-order valence-electron chi connectivity index (χ0n) is 5.84. The van der Waals surface area contributed by atoms with E-state index in [2.05, 4.69) is 11.3 Å². The van der Waals surface area contributed by atoms with Crippen molar-refractivity contribution in [3.05, 3.63) is 6.42 Å². The SMILES string of the molecule is [CH]1CCN2CCCC2C1. The molecule has 2 heterocycles. The summed E-state index contributed by atoms with van der Waals surface area (Å²) in [7, 11) is 0. The first-order chi connectivity index (χ1) is 4.47. The first-order valence-corrected chi connectivity index (χ1v) is 4.02. The van der Waals surface area contributed by atoms with Crippen LogP contribution in [0, 0.1) is 6.42 Å². The van der Waals surface area contributed by atoms with Gasteiger partial charge in [0.2, 0.25) is 0 Å². The molecule has 0 aromatic carbocycles. The number of piperidine rings is 1. The second kappa shape index (κ2) is 2.30. The minimum Gasteiger partial charge on any atom is -0.300 e. The third-order valence-electron chi connectivity index (χ3n) is 2.56. The maximum atomic E-state index is 2.64. The lowest BCUT2D eigenvalue weighted by Gasteiger charge is -2.28. The second-order valence-electron chi connectivity index (χ2n) is 3.15. The number of rotatable bonds is 0. The summed E-state index contributed by atoms with van der Waals surface area (Å²) < 4.78 is 0. The smallest absolute Gasteiger partial charge is 0.00984 e. The zero-order chi connectivity index (χ0) is 6.10. The van der Waals surface area contributed by atoms with Gasteiger partial charge >= 0.3 is 0 Å². The summed E-state index contributed by atoms with van der Waals surface area (Å²) in [5.74, 6) is 0. The fourth-order valence-electron chi connectivity index (χ4n) is 2.02. The molecule has 2 fully saturated rings. The molecule has 0 aliphatic carbocycles. The van der Waals surface area contributed by atoms with Gasteiger partial charge in [0, 0.05) is 6.04 Å². The molecule has 1 atom stereocenters. The summed E-state index contributed by atoms with van der Waals surface area (Å²) in [6.45, 7) is 2.71. The number of nitrogens with zero attached hydrogens (tertiary/aromatic N) is 1. The monoisotopic (exact) mass is 124 g/mol. The van der Waals surface area contributed by atoms with Gasteiger partial charge in [-0.05, 0) is 45.2 Å². The Morgan fingerprint density at radius 1 is 1.33 bits per heavy atom. The molecule has 2 rings (SSSR count). The third kappa shape index (κ3) is 0.983. The van der Waals surface area contributed by atoms with Gasteiger partial charge in [0.1, 0.15) is 0 Å². The van der Waals surface area contributed by atoms with Crippen LogP contribution in [0.5, 0.6) is 0 Å². The van der Waals surface area contributed by atoms with E-state index in [0.29, 0.717) is 0 Å². The van der Waals surface area contributed by atoms with E-state index in [-0.39, 0.29) is 0 Å². The Morgan fingerprint density at radius 2 is 2.33 bits per heavy atom. The van der Waals surface area contributed by atoms with Gasteiger partial charge in [-0.3, -0.25) is 0 Å². The van der Waals surface area contributed by atoms with Crippen LogP contribution in [0.25, 0.3) is 0 Å². The van der Waals surface area contributed by atoms with Crippen molar-refractivity contribution < 1.29 is 0 Å². The van der Waals surface area contributed by atoms with Crippen LogP contribution >= 0.6 is 0 Å². The fraction of sp³-hybridized carbons (Fsp3) is 0.875. The summed E-state index contributed by atoms with van der Waals surface area (Å²) in [4.78, 5) is 2.64. The summed E-state index contributed by atoms with van der Waals surface area (Å²) in [6, 6.07) is 0.943. The third-order valence-corrected chi connectivity index (χ3v) is 2.56. The highest BCUT2D eigenvalue weighted by molar-refractivity contribution is 4.89. The van der Waals surface area contributed by atoms with Gasteiger partial charge in [-0.25, -0.2) is 0 Å². The maximum absolute atomic E-state index is 2.64. The lowest BCUT2D eigenvalue weighted by atomic mass is 10.0. The van der Waals surface area contributed by atoms with Gasteiger partial charge < -0.3 is 4.90 Å². The van der Waals surface area contributed by atoms with Crippen LogP contribution in [0.1, 0.15) is 25.7 Å². The van der Waals surface area contributed by atoms with Crippen molar-refractivity contribution in [2.45, 2.75) is 31.7 Å². The maximum Gasteiger partial charge on any atom is 0.00984 e. The van der Waals surface area contributed by atoms with E-state index in [1.54, 1.807) is 0 Å². The Bertz CT molecular complexity index is 88.7. The molecule has 0 bridgehead atoms. The fourth-order valence-corrected chi connectivity index (χ4v) is 2.02. The standard InChI is InChI=1S/C8H14N/c1-2-6-9-7-3-5-8(9)4-1/h1,8H,2-7H2. The molecule has 2 saturated heterocycles. The van der Waals surface area contributed by atoms with Gasteiger partial charge in [-0.15, -0.1) is 0 Å². The topological polar surface area (TPSA) is 3.24 Å². The van der Waals surface area contributed by atoms with Crippen LogP contribution in [0.2, 0.25) is 0 Å². The van der Waals surface area contributed by atoms with Crippen LogP contribution in [0.15, 0.2) is 0 Å². The van der Waals surface area contributed by atoms with Crippen molar-refractivity contribution >= 4 is 0 Å². The lowest BCUT2D eigenvalue weighted by Crippen LogP contribution is -2.34. The number of hydrogen-bond donors (Lipinski definition) is 0. The normalized spacial score (nSPS) is 36.7. The number of fused-ring (bicyclic) bond motifs is 1. The summed E-state index contributed by atoms with van der Waals surface area (Å²) >= 11 is 0. The Kier molecular flexibility index (Phi) is 1.46. The van der Waals surface area contributed by atoms with E-state index in [1.165, 1.54) is 38.8 Å². The quantitative estimate of drug-likeness (QED) is 0.472. The summed E-state index contributed by atoms with van der Waals surface area (Å²) in [5.41, 5.74) is 0. The zero-order valence-corrected chi connectivity index (χ0v) is 5.84. The van der Waals surface area contributed by atoms with E-state index >= 15 is 0 Å². The molecule has 1 heteroatoms.